The molecule has 1 saturated heterocycles. The highest BCUT2D eigenvalue weighted by Gasteiger charge is 2.15. The van der Waals surface area contributed by atoms with Gasteiger partial charge in [0, 0.05) is 29.7 Å². The van der Waals surface area contributed by atoms with E-state index in [9.17, 15) is 4.79 Å². The largest absolute Gasteiger partial charge is 0.372 e. The van der Waals surface area contributed by atoms with Crippen molar-refractivity contribution in [2.24, 2.45) is 0 Å². The SMILES string of the molecule is O=C(CSC1CCCCC1)Nc1ccc(N2CCCC2)cc1. The summed E-state index contributed by atoms with van der Waals surface area (Å²) in [6.45, 7) is 2.31. The second-order valence-corrected chi connectivity index (χ2v) is 7.65. The van der Waals surface area contributed by atoms with Gasteiger partial charge in [0.25, 0.3) is 0 Å². The van der Waals surface area contributed by atoms with Crippen LogP contribution in [-0.2, 0) is 4.79 Å². The van der Waals surface area contributed by atoms with E-state index in [2.05, 4.69) is 22.3 Å². The summed E-state index contributed by atoms with van der Waals surface area (Å²) in [5.74, 6) is 0.711. The first-order chi connectivity index (χ1) is 10.8. The maximum atomic E-state index is 12.1. The molecule has 0 bridgehead atoms. The average Bonchev–Trinajstić information content (AvgIpc) is 3.09. The van der Waals surface area contributed by atoms with Crippen LogP contribution >= 0.6 is 11.8 Å². The van der Waals surface area contributed by atoms with E-state index < -0.39 is 0 Å². The van der Waals surface area contributed by atoms with Crippen molar-refractivity contribution in [1.29, 1.82) is 0 Å². The van der Waals surface area contributed by atoms with Crippen LogP contribution in [0.4, 0.5) is 11.4 Å². The normalized spacial score (nSPS) is 19.4. The second-order valence-electron chi connectivity index (χ2n) is 6.36. The third kappa shape index (κ3) is 4.42. The van der Waals surface area contributed by atoms with E-state index >= 15 is 0 Å². The molecule has 1 amide bonds. The Morgan fingerprint density at radius 1 is 1.05 bits per heavy atom. The molecule has 1 saturated carbocycles. The molecule has 22 heavy (non-hydrogen) atoms. The van der Waals surface area contributed by atoms with E-state index in [4.69, 9.17) is 0 Å². The first kappa shape index (κ1) is 15.7. The number of carbonyl (C=O) groups is 1. The minimum absolute atomic E-state index is 0.129. The van der Waals surface area contributed by atoms with Gasteiger partial charge in [-0.25, -0.2) is 0 Å². The molecular formula is C18H26N2OS. The van der Waals surface area contributed by atoms with Crippen LogP contribution in [-0.4, -0.2) is 30.0 Å². The number of carbonyl (C=O) groups excluding carboxylic acids is 1. The summed E-state index contributed by atoms with van der Waals surface area (Å²) >= 11 is 1.83. The Hall–Kier alpha value is -1.16. The van der Waals surface area contributed by atoms with Crippen LogP contribution in [0, 0.1) is 0 Å². The van der Waals surface area contributed by atoms with E-state index in [1.54, 1.807) is 0 Å². The van der Waals surface area contributed by atoms with Crippen molar-refractivity contribution in [3.63, 3.8) is 0 Å². The predicted molar refractivity (Wildman–Crippen MR) is 95.8 cm³/mol. The molecule has 1 aliphatic heterocycles. The lowest BCUT2D eigenvalue weighted by atomic mass is 10.0. The highest BCUT2D eigenvalue weighted by Crippen LogP contribution is 2.28. The zero-order valence-corrected chi connectivity index (χ0v) is 14.0. The quantitative estimate of drug-likeness (QED) is 0.879. The summed E-state index contributed by atoms with van der Waals surface area (Å²) in [6, 6.07) is 8.29. The van der Waals surface area contributed by atoms with Crippen LogP contribution in [0.2, 0.25) is 0 Å². The molecule has 2 aliphatic rings. The van der Waals surface area contributed by atoms with Crippen molar-refractivity contribution in [3.8, 4) is 0 Å². The highest BCUT2D eigenvalue weighted by molar-refractivity contribution is 8.00. The van der Waals surface area contributed by atoms with E-state index in [0.29, 0.717) is 11.0 Å². The van der Waals surface area contributed by atoms with Gasteiger partial charge in [0.05, 0.1) is 5.75 Å². The van der Waals surface area contributed by atoms with Crippen molar-refractivity contribution in [2.75, 3.05) is 29.1 Å². The van der Waals surface area contributed by atoms with Crippen LogP contribution in [0.1, 0.15) is 44.9 Å². The van der Waals surface area contributed by atoms with Gasteiger partial charge in [-0.1, -0.05) is 19.3 Å². The minimum atomic E-state index is 0.129. The van der Waals surface area contributed by atoms with E-state index in [1.165, 1.54) is 50.6 Å². The molecule has 0 unspecified atom stereocenters. The van der Waals surface area contributed by atoms with Gasteiger partial charge in [0.2, 0.25) is 5.91 Å². The average molecular weight is 318 g/mol. The van der Waals surface area contributed by atoms with E-state index in [1.807, 2.05) is 23.9 Å². The summed E-state index contributed by atoms with van der Waals surface area (Å²) in [4.78, 5) is 14.5. The summed E-state index contributed by atoms with van der Waals surface area (Å²) in [5.41, 5.74) is 2.18. The number of amides is 1. The molecular weight excluding hydrogens is 292 g/mol. The van der Waals surface area contributed by atoms with E-state index in [-0.39, 0.29) is 5.91 Å². The molecule has 1 aromatic carbocycles. The van der Waals surface area contributed by atoms with Crippen molar-refractivity contribution >= 4 is 29.0 Å². The monoisotopic (exact) mass is 318 g/mol. The number of nitrogens with one attached hydrogen (secondary N) is 1. The van der Waals surface area contributed by atoms with E-state index in [0.717, 1.165) is 18.8 Å². The lowest BCUT2D eigenvalue weighted by molar-refractivity contribution is -0.113. The predicted octanol–water partition coefficient (Wildman–Crippen LogP) is 4.29. The number of hydrogen-bond donors (Lipinski definition) is 1. The molecule has 1 heterocycles. The molecule has 0 atom stereocenters. The number of thioether (sulfide) groups is 1. The zero-order chi connectivity index (χ0) is 15.2. The molecule has 0 radical (unpaired) electrons. The Morgan fingerprint density at radius 3 is 2.41 bits per heavy atom. The topological polar surface area (TPSA) is 32.3 Å². The first-order valence-corrected chi connectivity index (χ1v) is 9.62. The van der Waals surface area contributed by atoms with Gasteiger partial charge in [0.15, 0.2) is 0 Å². The molecule has 120 valence electrons. The molecule has 0 spiro atoms. The van der Waals surface area contributed by atoms with Gasteiger partial charge in [-0.05, 0) is 49.9 Å². The lowest BCUT2D eigenvalue weighted by Gasteiger charge is -2.20. The molecule has 3 nitrogen and oxygen atoms in total. The Balaban J connectivity index is 1.44. The number of benzene rings is 1. The van der Waals surface area contributed by atoms with Crippen molar-refractivity contribution in [1.82, 2.24) is 0 Å². The second kappa shape index (κ2) is 7.91. The Labute approximate surface area is 137 Å². The van der Waals surface area contributed by atoms with Crippen LogP contribution in [0.5, 0.6) is 0 Å². The molecule has 4 heteroatoms. The molecule has 2 fully saturated rings. The van der Waals surface area contributed by atoms with Crippen LogP contribution in [0.15, 0.2) is 24.3 Å². The third-order valence-electron chi connectivity index (χ3n) is 4.62. The Morgan fingerprint density at radius 2 is 1.73 bits per heavy atom. The summed E-state index contributed by atoms with van der Waals surface area (Å²) < 4.78 is 0. The van der Waals surface area contributed by atoms with Crippen LogP contribution in [0.3, 0.4) is 0 Å². The first-order valence-electron chi connectivity index (χ1n) is 8.58. The fourth-order valence-corrected chi connectivity index (χ4v) is 4.48. The number of nitrogens with zero attached hydrogens (tertiary/aromatic N) is 1. The number of anilines is 2. The molecule has 1 aromatic rings. The van der Waals surface area contributed by atoms with Crippen molar-refractivity contribution in [2.45, 2.75) is 50.2 Å². The molecule has 1 aliphatic carbocycles. The number of rotatable bonds is 5. The van der Waals surface area contributed by atoms with Gasteiger partial charge < -0.3 is 10.2 Å². The van der Waals surface area contributed by atoms with Crippen molar-refractivity contribution in [3.05, 3.63) is 24.3 Å². The van der Waals surface area contributed by atoms with Crippen molar-refractivity contribution < 1.29 is 4.79 Å². The highest BCUT2D eigenvalue weighted by atomic mass is 32.2. The fourth-order valence-electron chi connectivity index (χ4n) is 3.35. The Bertz CT molecular complexity index is 476. The fraction of sp³-hybridized carbons (Fsp3) is 0.611. The van der Waals surface area contributed by atoms with Crippen LogP contribution in [0.25, 0.3) is 0 Å². The van der Waals surface area contributed by atoms with Gasteiger partial charge in [0.1, 0.15) is 0 Å². The zero-order valence-electron chi connectivity index (χ0n) is 13.2. The van der Waals surface area contributed by atoms with Gasteiger partial charge in [-0.15, -0.1) is 11.8 Å². The van der Waals surface area contributed by atoms with Crippen LogP contribution < -0.4 is 10.2 Å². The molecule has 3 rings (SSSR count). The molecule has 0 aromatic heterocycles. The standard InChI is InChI=1S/C18H26N2OS/c21-18(14-22-17-6-2-1-3-7-17)19-15-8-10-16(11-9-15)20-12-4-5-13-20/h8-11,17H,1-7,12-14H2,(H,19,21). The summed E-state index contributed by atoms with van der Waals surface area (Å²) in [5, 5.41) is 3.71. The Kier molecular flexibility index (Phi) is 5.65. The number of hydrogen-bond acceptors (Lipinski definition) is 3. The third-order valence-corrected chi connectivity index (χ3v) is 6.00. The maximum Gasteiger partial charge on any atom is 0.234 e. The summed E-state index contributed by atoms with van der Waals surface area (Å²) in [7, 11) is 0. The molecule has 1 N–H and O–H groups in total. The van der Waals surface area contributed by atoms with Gasteiger partial charge in [-0.2, -0.15) is 0 Å². The lowest BCUT2D eigenvalue weighted by Crippen LogP contribution is -2.19. The smallest absolute Gasteiger partial charge is 0.234 e. The van der Waals surface area contributed by atoms with Gasteiger partial charge >= 0.3 is 0 Å². The minimum Gasteiger partial charge on any atom is -0.372 e. The maximum absolute atomic E-state index is 12.1. The van der Waals surface area contributed by atoms with Gasteiger partial charge in [-0.3, -0.25) is 4.79 Å². The summed E-state index contributed by atoms with van der Waals surface area (Å²) in [6.07, 6.45) is 9.17.